The number of aryl methyl sites for hydroxylation is 3. The normalized spacial score (nSPS) is 10.7. The number of rotatable bonds is 3. The first-order valence-corrected chi connectivity index (χ1v) is 5.93. The van der Waals surface area contributed by atoms with Gasteiger partial charge >= 0.3 is 5.69 Å². The van der Waals surface area contributed by atoms with Crippen molar-refractivity contribution in [1.29, 1.82) is 0 Å². The SMILES string of the molecule is Cc1ccc(C)c(Cn2nc(C)c([N+](=O)[O-])c2N)c1. The molecule has 6 nitrogen and oxygen atoms in total. The Labute approximate surface area is 111 Å². The van der Waals surface area contributed by atoms with Crippen molar-refractivity contribution in [3.8, 4) is 0 Å². The first-order chi connectivity index (χ1) is 8.90. The number of anilines is 1. The van der Waals surface area contributed by atoms with Gasteiger partial charge in [0.2, 0.25) is 5.82 Å². The van der Waals surface area contributed by atoms with Crippen molar-refractivity contribution in [2.45, 2.75) is 27.3 Å². The molecule has 1 heterocycles. The number of hydrogen-bond acceptors (Lipinski definition) is 4. The molecule has 100 valence electrons. The van der Waals surface area contributed by atoms with Crippen LogP contribution in [0.4, 0.5) is 11.5 Å². The van der Waals surface area contributed by atoms with E-state index < -0.39 is 4.92 Å². The van der Waals surface area contributed by atoms with Crippen LogP contribution in [-0.4, -0.2) is 14.7 Å². The van der Waals surface area contributed by atoms with Crippen LogP contribution in [0.15, 0.2) is 18.2 Å². The Kier molecular flexibility index (Phi) is 3.25. The summed E-state index contributed by atoms with van der Waals surface area (Å²) >= 11 is 0. The molecule has 0 aliphatic carbocycles. The molecule has 0 aliphatic heterocycles. The second kappa shape index (κ2) is 4.72. The molecule has 0 unspecified atom stereocenters. The highest BCUT2D eigenvalue weighted by atomic mass is 16.6. The summed E-state index contributed by atoms with van der Waals surface area (Å²) in [5.74, 6) is 0.100. The maximum atomic E-state index is 10.9. The average molecular weight is 260 g/mol. The van der Waals surface area contributed by atoms with Crippen molar-refractivity contribution in [1.82, 2.24) is 9.78 Å². The lowest BCUT2D eigenvalue weighted by atomic mass is 10.1. The second-order valence-corrected chi connectivity index (χ2v) is 4.66. The summed E-state index contributed by atoms with van der Waals surface area (Å²) in [5, 5.41) is 15.0. The highest BCUT2D eigenvalue weighted by Gasteiger charge is 2.23. The van der Waals surface area contributed by atoms with E-state index in [9.17, 15) is 10.1 Å². The summed E-state index contributed by atoms with van der Waals surface area (Å²) in [6.45, 7) is 6.03. The molecule has 0 fully saturated rings. The Morgan fingerprint density at radius 2 is 2.05 bits per heavy atom. The van der Waals surface area contributed by atoms with Crippen LogP contribution in [0, 0.1) is 30.9 Å². The molecule has 0 radical (unpaired) electrons. The van der Waals surface area contributed by atoms with Gasteiger partial charge in [-0.1, -0.05) is 23.8 Å². The smallest absolute Gasteiger partial charge is 0.333 e. The van der Waals surface area contributed by atoms with Crippen molar-refractivity contribution in [3.05, 3.63) is 50.7 Å². The third-order valence-corrected chi connectivity index (χ3v) is 3.14. The van der Waals surface area contributed by atoms with E-state index in [2.05, 4.69) is 5.10 Å². The highest BCUT2D eigenvalue weighted by molar-refractivity contribution is 5.56. The number of hydrogen-bond donors (Lipinski definition) is 1. The Morgan fingerprint density at radius 1 is 1.37 bits per heavy atom. The van der Waals surface area contributed by atoms with Gasteiger partial charge in [0.25, 0.3) is 0 Å². The van der Waals surface area contributed by atoms with E-state index in [1.54, 1.807) is 6.92 Å². The molecule has 0 saturated carbocycles. The number of nitrogens with zero attached hydrogens (tertiary/aromatic N) is 3. The molecular weight excluding hydrogens is 244 g/mol. The van der Waals surface area contributed by atoms with Crippen LogP contribution in [0.1, 0.15) is 22.4 Å². The van der Waals surface area contributed by atoms with Gasteiger partial charge in [-0.25, -0.2) is 4.68 Å². The standard InChI is InChI=1S/C13H16N4O2/c1-8-4-5-9(2)11(6-8)7-16-13(14)12(17(18)19)10(3)15-16/h4-6H,7,14H2,1-3H3. The summed E-state index contributed by atoms with van der Waals surface area (Å²) in [6, 6.07) is 6.09. The fraction of sp³-hybridized carbons (Fsp3) is 0.308. The van der Waals surface area contributed by atoms with E-state index in [0.29, 0.717) is 12.2 Å². The topological polar surface area (TPSA) is 87.0 Å². The maximum absolute atomic E-state index is 10.9. The van der Waals surface area contributed by atoms with Crippen LogP contribution in [0.5, 0.6) is 0 Å². The summed E-state index contributed by atoms with van der Waals surface area (Å²) < 4.78 is 1.48. The number of nitrogen functional groups attached to an aromatic ring is 1. The second-order valence-electron chi connectivity index (χ2n) is 4.66. The summed E-state index contributed by atoms with van der Waals surface area (Å²) in [7, 11) is 0. The molecule has 19 heavy (non-hydrogen) atoms. The number of aromatic nitrogens is 2. The van der Waals surface area contributed by atoms with Gasteiger partial charge in [0.15, 0.2) is 0 Å². The summed E-state index contributed by atoms with van der Waals surface area (Å²) in [5.41, 5.74) is 9.34. The molecule has 0 amide bonds. The molecule has 0 atom stereocenters. The maximum Gasteiger partial charge on any atom is 0.333 e. The Balaban J connectivity index is 2.42. The molecule has 0 bridgehead atoms. The van der Waals surface area contributed by atoms with Crippen molar-refractivity contribution < 1.29 is 4.92 Å². The van der Waals surface area contributed by atoms with Crippen molar-refractivity contribution in [2.75, 3.05) is 5.73 Å². The number of nitro groups is 1. The van der Waals surface area contributed by atoms with Gasteiger partial charge in [0.05, 0.1) is 11.5 Å². The van der Waals surface area contributed by atoms with Crippen molar-refractivity contribution >= 4 is 11.5 Å². The van der Waals surface area contributed by atoms with Crippen LogP contribution >= 0.6 is 0 Å². The lowest BCUT2D eigenvalue weighted by molar-refractivity contribution is -0.384. The minimum absolute atomic E-state index is 0.100. The van der Waals surface area contributed by atoms with Crippen LogP contribution < -0.4 is 5.73 Å². The van der Waals surface area contributed by atoms with E-state index in [1.165, 1.54) is 4.68 Å². The van der Waals surface area contributed by atoms with Gasteiger partial charge < -0.3 is 5.73 Å². The molecule has 2 rings (SSSR count). The number of nitrogens with two attached hydrogens (primary N) is 1. The predicted octanol–water partition coefficient (Wildman–Crippen LogP) is 2.35. The monoisotopic (exact) mass is 260 g/mol. The van der Waals surface area contributed by atoms with Crippen molar-refractivity contribution in [3.63, 3.8) is 0 Å². The van der Waals surface area contributed by atoms with Crippen LogP contribution in [-0.2, 0) is 6.54 Å². The minimum atomic E-state index is -0.489. The van der Waals surface area contributed by atoms with E-state index in [0.717, 1.165) is 16.7 Å². The Hall–Kier alpha value is -2.37. The summed E-state index contributed by atoms with van der Waals surface area (Å²) in [6.07, 6.45) is 0. The average Bonchev–Trinajstić information content (AvgIpc) is 2.59. The van der Waals surface area contributed by atoms with Gasteiger partial charge in [-0.05, 0) is 31.9 Å². The molecule has 0 saturated heterocycles. The zero-order chi connectivity index (χ0) is 14.2. The van der Waals surface area contributed by atoms with E-state index in [1.807, 2.05) is 32.0 Å². The molecule has 1 aromatic heterocycles. The lowest BCUT2D eigenvalue weighted by Gasteiger charge is -2.08. The molecule has 0 aliphatic rings. The van der Waals surface area contributed by atoms with Crippen LogP contribution in [0.2, 0.25) is 0 Å². The van der Waals surface area contributed by atoms with Gasteiger partial charge in [-0.15, -0.1) is 0 Å². The lowest BCUT2D eigenvalue weighted by Crippen LogP contribution is -2.08. The van der Waals surface area contributed by atoms with Crippen LogP contribution in [0.3, 0.4) is 0 Å². The summed E-state index contributed by atoms with van der Waals surface area (Å²) in [4.78, 5) is 10.4. The van der Waals surface area contributed by atoms with E-state index in [-0.39, 0.29) is 11.5 Å². The van der Waals surface area contributed by atoms with Gasteiger partial charge in [0, 0.05) is 0 Å². The van der Waals surface area contributed by atoms with E-state index in [4.69, 9.17) is 5.73 Å². The highest BCUT2D eigenvalue weighted by Crippen LogP contribution is 2.26. The van der Waals surface area contributed by atoms with E-state index >= 15 is 0 Å². The molecule has 6 heteroatoms. The molecule has 0 spiro atoms. The third kappa shape index (κ3) is 2.42. The third-order valence-electron chi connectivity index (χ3n) is 3.14. The zero-order valence-electron chi connectivity index (χ0n) is 11.2. The fourth-order valence-corrected chi connectivity index (χ4v) is 2.07. The first-order valence-electron chi connectivity index (χ1n) is 5.93. The quantitative estimate of drug-likeness (QED) is 0.677. The Morgan fingerprint density at radius 3 is 2.63 bits per heavy atom. The van der Waals surface area contributed by atoms with Gasteiger partial charge in [-0.2, -0.15) is 5.10 Å². The zero-order valence-corrected chi connectivity index (χ0v) is 11.2. The Bertz CT molecular complexity index is 646. The molecular formula is C13H16N4O2. The molecule has 2 N–H and O–H groups in total. The predicted molar refractivity (Wildman–Crippen MR) is 73.0 cm³/mol. The molecule has 2 aromatic rings. The molecule has 1 aromatic carbocycles. The minimum Gasteiger partial charge on any atom is -0.378 e. The number of benzene rings is 1. The van der Waals surface area contributed by atoms with Crippen LogP contribution in [0.25, 0.3) is 0 Å². The first kappa shape index (κ1) is 13.1. The van der Waals surface area contributed by atoms with Crippen molar-refractivity contribution in [2.24, 2.45) is 0 Å². The largest absolute Gasteiger partial charge is 0.378 e. The van der Waals surface area contributed by atoms with Gasteiger partial charge in [0.1, 0.15) is 5.69 Å². The fourth-order valence-electron chi connectivity index (χ4n) is 2.07. The van der Waals surface area contributed by atoms with Gasteiger partial charge in [-0.3, -0.25) is 10.1 Å².